The number of rotatable bonds is 10. The predicted molar refractivity (Wildman–Crippen MR) is 131 cm³/mol. The molecule has 0 spiro atoms. The van der Waals surface area contributed by atoms with Crippen molar-refractivity contribution in [2.45, 2.75) is 77.2 Å². The Morgan fingerprint density at radius 2 is 1.80 bits per heavy atom. The lowest BCUT2D eigenvalue weighted by Gasteiger charge is -2.33. The second-order valence-corrected chi connectivity index (χ2v) is 9.49. The van der Waals surface area contributed by atoms with Crippen LogP contribution in [0.25, 0.3) is 0 Å². The number of nitrogens with two attached hydrogens (primary N) is 1. The second kappa shape index (κ2) is 14.2. The molecule has 1 aliphatic heterocycles. The van der Waals surface area contributed by atoms with Crippen LogP contribution >= 0.6 is 0 Å². The Morgan fingerprint density at radius 1 is 1.20 bits per heavy atom. The molecule has 5 N–H and O–H groups in total. The lowest BCUT2D eigenvalue weighted by molar-refractivity contribution is -0.155. The van der Waals surface area contributed by atoms with E-state index in [-0.39, 0.29) is 11.8 Å². The first kappa shape index (κ1) is 30.6. The summed E-state index contributed by atoms with van der Waals surface area (Å²) in [5, 5.41) is 15.3. The number of nitrogens with zero attached hydrogens (tertiary/aromatic N) is 1. The minimum atomic E-state index is -3.98. The Labute approximate surface area is 206 Å². The van der Waals surface area contributed by atoms with Crippen LogP contribution in [0.1, 0.15) is 46.1 Å². The summed E-state index contributed by atoms with van der Waals surface area (Å²) in [6.07, 6.45) is -2.01. The third-order valence-electron chi connectivity index (χ3n) is 5.98. The summed E-state index contributed by atoms with van der Waals surface area (Å²) in [5.41, 5.74) is 7.21. The van der Waals surface area contributed by atoms with Crippen molar-refractivity contribution in [3.05, 3.63) is 35.9 Å². The van der Waals surface area contributed by atoms with Crippen molar-refractivity contribution >= 4 is 18.1 Å². The number of benzene rings is 1. The van der Waals surface area contributed by atoms with E-state index < -0.39 is 48.3 Å². The molecule has 2 amide bonds. The summed E-state index contributed by atoms with van der Waals surface area (Å²) < 4.78 is 27.1. The van der Waals surface area contributed by atoms with Crippen LogP contribution in [0, 0.1) is 11.8 Å². The van der Waals surface area contributed by atoms with Crippen molar-refractivity contribution in [3.8, 4) is 0 Å². The van der Waals surface area contributed by atoms with E-state index >= 15 is 0 Å². The number of amides is 2. The van der Waals surface area contributed by atoms with Crippen molar-refractivity contribution in [2.75, 3.05) is 13.6 Å². The Bertz CT molecular complexity index is 808. The molecular weight excluding hydrogens is 458 g/mol. The molecule has 0 aliphatic carbocycles. The van der Waals surface area contributed by atoms with Gasteiger partial charge in [0.25, 0.3) is 0 Å². The topological polar surface area (TPSA) is 125 Å². The van der Waals surface area contributed by atoms with Crippen LogP contribution in [-0.2, 0) is 20.9 Å². The highest BCUT2D eigenvalue weighted by molar-refractivity contribution is 5.90. The predicted octanol–water partition coefficient (Wildman–Crippen LogP) is 1.70. The maximum atomic E-state index is 13.5. The number of alkyl halides is 2. The summed E-state index contributed by atoms with van der Waals surface area (Å²) >= 11 is 0. The smallest absolute Gasteiger partial charge is 0.329 e. The summed E-state index contributed by atoms with van der Waals surface area (Å²) in [6.45, 7) is 7.99. The average Bonchev–Trinajstić information content (AvgIpc) is 3.32. The van der Waals surface area contributed by atoms with Crippen LogP contribution in [0.4, 0.5) is 8.78 Å². The molecule has 2 rings (SSSR count). The zero-order valence-corrected chi connectivity index (χ0v) is 21.2. The second-order valence-electron chi connectivity index (χ2n) is 9.49. The molecule has 0 aromatic heterocycles. The number of carbonyl (C=O) groups is 3. The van der Waals surface area contributed by atoms with Gasteiger partial charge in [-0.3, -0.25) is 14.4 Å². The Kier molecular flexibility index (Phi) is 12.4. The first-order valence-corrected chi connectivity index (χ1v) is 11.9. The number of hydrogen-bond acceptors (Lipinski definition) is 6. The highest BCUT2D eigenvalue weighted by Gasteiger charge is 2.46. The third-order valence-corrected chi connectivity index (χ3v) is 5.98. The van der Waals surface area contributed by atoms with E-state index in [1.54, 1.807) is 27.7 Å². The number of likely N-dealkylation sites (tertiary alicyclic amines) is 1. The number of aliphatic hydroxyl groups excluding tert-OH is 1. The van der Waals surface area contributed by atoms with Crippen LogP contribution in [-0.4, -0.2) is 71.9 Å². The standard InChI is InChI=1S/C17H29F2N3O4.C8H11N/c1-9(2)12(20)16(26)22-7-5-6-11(22)15(25)21-13(10(3)4)14(24)17(18,19)8-23;1-9-7-8-5-3-2-4-6-8/h8-14,24H,5-7,20H2,1-4H3,(H,21,25);2-6,9H,7H2,1H3. The van der Waals surface area contributed by atoms with Crippen LogP contribution in [0.2, 0.25) is 0 Å². The van der Waals surface area contributed by atoms with Crippen LogP contribution in [0.15, 0.2) is 30.3 Å². The van der Waals surface area contributed by atoms with Crippen molar-refractivity contribution in [1.82, 2.24) is 15.5 Å². The molecule has 10 heteroatoms. The molecule has 8 nitrogen and oxygen atoms in total. The van der Waals surface area contributed by atoms with Gasteiger partial charge in [-0.15, -0.1) is 0 Å². The van der Waals surface area contributed by atoms with Gasteiger partial charge in [-0.25, -0.2) is 0 Å². The number of halogens is 2. The van der Waals surface area contributed by atoms with Gasteiger partial charge in [-0.2, -0.15) is 8.78 Å². The largest absolute Gasteiger partial charge is 0.384 e. The van der Waals surface area contributed by atoms with Gasteiger partial charge in [0.1, 0.15) is 12.1 Å². The summed E-state index contributed by atoms with van der Waals surface area (Å²) in [5.74, 6) is -5.64. The number of aliphatic hydroxyl groups is 1. The van der Waals surface area contributed by atoms with Crippen molar-refractivity contribution in [2.24, 2.45) is 17.6 Å². The maximum Gasteiger partial charge on any atom is 0.329 e. The molecule has 1 heterocycles. The molecule has 198 valence electrons. The van der Waals surface area contributed by atoms with Gasteiger partial charge in [0.15, 0.2) is 6.29 Å². The zero-order valence-electron chi connectivity index (χ0n) is 21.2. The normalized spacial score (nSPS) is 18.5. The molecule has 0 bridgehead atoms. The first-order valence-electron chi connectivity index (χ1n) is 11.9. The molecule has 4 unspecified atom stereocenters. The fourth-order valence-electron chi connectivity index (χ4n) is 3.76. The minimum absolute atomic E-state index is 0.108. The van der Waals surface area contributed by atoms with Gasteiger partial charge in [0.2, 0.25) is 11.8 Å². The molecule has 1 aromatic carbocycles. The van der Waals surface area contributed by atoms with Crippen molar-refractivity contribution in [1.29, 1.82) is 0 Å². The SMILES string of the molecule is CC(C)C(N)C(=O)N1CCCC1C(=O)NC(C(C)C)C(O)C(F)(F)C=O.CNCc1ccccc1. The first-order chi connectivity index (χ1) is 16.4. The summed E-state index contributed by atoms with van der Waals surface area (Å²) in [7, 11) is 1.95. The van der Waals surface area contributed by atoms with Crippen molar-refractivity contribution < 1.29 is 28.3 Å². The summed E-state index contributed by atoms with van der Waals surface area (Å²) in [6, 6.07) is 7.42. The van der Waals surface area contributed by atoms with Gasteiger partial charge in [0, 0.05) is 13.1 Å². The van der Waals surface area contributed by atoms with Crippen molar-refractivity contribution in [3.63, 3.8) is 0 Å². The highest BCUT2D eigenvalue weighted by atomic mass is 19.3. The van der Waals surface area contributed by atoms with Gasteiger partial charge in [-0.1, -0.05) is 58.0 Å². The number of aldehydes is 1. The van der Waals surface area contributed by atoms with E-state index in [1.165, 1.54) is 10.5 Å². The van der Waals surface area contributed by atoms with Gasteiger partial charge >= 0.3 is 5.92 Å². The molecular formula is C25H40F2N4O4. The average molecular weight is 499 g/mol. The Morgan fingerprint density at radius 3 is 2.29 bits per heavy atom. The molecule has 4 atom stereocenters. The van der Waals surface area contributed by atoms with Gasteiger partial charge < -0.3 is 26.4 Å². The molecule has 1 fully saturated rings. The van der Waals surface area contributed by atoms with Crippen LogP contribution in [0.3, 0.4) is 0 Å². The zero-order chi connectivity index (χ0) is 26.8. The Balaban J connectivity index is 0.000000566. The monoisotopic (exact) mass is 498 g/mol. The number of carbonyl (C=O) groups excluding carboxylic acids is 3. The van der Waals surface area contributed by atoms with E-state index in [0.29, 0.717) is 19.4 Å². The quantitative estimate of drug-likeness (QED) is 0.364. The molecule has 1 aromatic rings. The van der Waals surface area contributed by atoms with E-state index in [2.05, 4.69) is 22.8 Å². The molecule has 35 heavy (non-hydrogen) atoms. The molecule has 1 saturated heterocycles. The Hall–Kier alpha value is -2.43. The molecule has 0 radical (unpaired) electrons. The maximum absolute atomic E-state index is 13.5. The van der Waals surface area contributed by atoms with E-state index in [9.17, 15) is 28.3 Å². The lowest BCUT2D eigenvalue weighted by Crippen LogP contribution is -2.59. The van der Waals surface area contributed by atoms with Crippen LogP contribution in [0.5, 0.6) is 0 Å². The fourth-order valence-corrected chi connectivity index (χ4v) is 3.76. The third kappa shape index (κ3) is 8.94. The number of hydrogen-bond donors (Lipinski definition) is 4. The van der Waals surface area contributed by atoms with Crippen LogP contribution < -0.4 is 16.4 Å². The van der Waals surface area contributed by atoms with E-state index in [1.807, 2.05) is 25.2 Å². The fraction of sp³-hybridized carbons (Fsp3) is 0.640. The summed E-state index contributed by atoms with van der Waals surface area (Å²) in [4.78, 5) is 37.0. The number of nitrogens with one attached hydrogen (secondary N) is 2. The molecule has 1 aliphatic rings. The van der Waals surface area contributed by atoms with E-state index in [0.717, 1.165) is 6.54 Å². The minimum Gasteiger partial charge on any atom is -0.384 e. The highest BCUT2D eigenvalue weighted by Crippen LogP contribution is 2.24. The van der Waals surface area contributed by atoms with Gasteiger partial charge in [-0.05, 0) is 37.3 Å². The molecule has 0 saturated carbocycles. The van der Waals surface area contributed by atoms with E-state index in [4.69, 9.17) is 5.73 Å². The lowest BCUT2D eigenvalue weighted by atomic mass is 9.94. The van der Waals surface area contributed by atoms with Gasteiger partial charge in [0.05, 0.1) is 12.1 Å².